The molecular weight excluding hydrogens is 218 g/mol. The van der Waals surface area contributed by atoms with Crippen LogP contribution in [0.5, 0.6) is 0 Å². The van der Waals surface area contributed by atoms with Gasteiger partial charge in [-0.3, -0.25) is 9.59 Å². The molecule has 0 spiro atoms. The molecule has 0 aromatic carbocycles. The third-order valence-electron chi connectivity index (χ3n) is 3.48. The van der Waals surface area contributed by atoms with Gasteiger partial charge in [-0.25, -0.2) is 0 Å². The van der Waals surface area contributed by atoms with Crippen molar-refractivity contribution in [3.8, 4) is 0 Å². The van der Waals surface area contributed by atoms with E-state index in [1.54, 1.807) is 0 Å². The Bertz CT molecular complexity index is 302. The largest absolute Gasteiger partial charge is 0.481 e. The van der Waals surface area contributed by atoms with E-state index in [9.17, 15) is 9.59 Å². The second-order valence-corrected chi connectivity index (χ2v) is 6.15. The van der Waals surface area contributed by atoms with Crippen LogP contribution in [0.25, 0.3) is 0 Å². The molecule has 2 atom stereocenters. The molecule has 17 heavy (non-hydrogen) atoms. The second-order valence-electron chi connectivity index (χ2n) is 6.15. The van der Waals surface area contributed by atoms with E-state index < -0.39 is 5.97 Å². The number of hydrogen-bond acceptors (Lipinski definition) is 2. The SMILES string of the molecule is CC(C(=O)NC(CC(=O)O)C(C)(C)C)C1CC1. The fourth-order valence-electron chi connectivity index (χ4n) is 1.86. The molecule has 0 saturated heterocycles. The highest BCUT2D eigenvalue weighted by atomic mass is 16.4. The molecule has 0 heterocycles. The zero-order chi connectivity index (χ0) is 13.2. The molecule has 1 fully saturated rings. The normalized spacial score (nSPS) is 19.5. The van der Waals surface area contributed by atoms with E-state index in [4.69, 9.17) is 5.11 Å². The second kappa shape index (κ2) is 5.07. The van der Waals surface area contributed by atoms with Crippen molar-refractivity contribution in [1.82, 2.24) is 5.32 Å². The highest BCUT2D eigenvalue weighted by Crippen LogP contribution is 2.37. The third kappa shape index (κ3) is 4.36. The lowest BCUT2D eigenvalue weighted by Gasteiger charge is -2.31. The van der Waals surface area contributed by atoms with Gasteiger partial charge in [0.1, 0.15) is 0 Å². The lowest BCUT2D eigenvalue weighted by atomic mass is 9.84. The Balaban J connectivity index is 2.58. The Kier molecular flexibility index (Phi) is 4.17. The molecule has 1 aliphatic carbocycles. The topological polar surface area (TPSA) is 66.4 Å². The molecule has 0 bridgehead atoms. The number of rotatable bonds is 5. The molecule has 0 radical (unpaired) electrons. The number of carbonyl (C=O) groups is 2. The molecule has 1 aliphatic rings. The Morgan fingerprint density at radius 3 is 2.24 bits per heavy atom. The van der Waals surface area contributed by atoms with Crippen molar-refractivity contribution >= 4 is 11.9 Å². The predicted octanol–water partition coefficient (Wildman–Crippen LogP) is 2.04. The predicted molar refractivity (Wildman–Crippen MR) is 65.5 cm³/mol. The van der Waals surface area contributed by atoms with Crippen LogP contribution in [0.3, 0.4) is 0 Å². The summed E-state index contributed by atoms with van der Waals surface area (Å²) in [5, 5.41) is 11.8. The standard InChI is InChI=1S/C13H23NO3/c1-8(9-5-6-9)12(17)14-10(7-11(15)16)13(2,3)4/h8-10H,5-7H2,1-4H3,(H,14,17)(H,15,16). The first-order valence-electron chi connectivity index (χ1n) is 6.24. The number of carbonyl (C=O) groups excluding carboxylic acids is 1. The number of carboxylic acids is 1. The van der Waals surface area contributed by atoms with E-state index in [1.165, 1.54) is 0 Å². The minimum absolute atomic E-state index is 0.00586. The summed E-state index contributed by atoms with van der Waals surface area (Å²) in [6, 6.07) is -0.311. The lowest BCUT2D eigenvalue weighted by Crippen LogP contribution is -2.47. The van der Waals surface area contributed by atoms with Crippen LogP contribution in [0.15, 0.2) is 0 Å². The molecule has 0 aromatic rings. The van der Waals surface area contributed by atoms with Crippen LogP contribution in [0.1, 0.15) is 47.0 Å². The Hall–Kier alpha value is -1.06. The summed E-state index contributed by atoms with van der Waals surface area (Å²) in [6.45, 7) is 7.77. The van der Waals surface area contributed by atoms with Crippen molar-refractivity contribution in [3.05, 3.63) is 0 Å². The minimum atomic E-state index is -0.871. The first-order chi connectivity index (χ1) is 7.71. The summed E-state index contributed by atoms with van der Waals surface area (Å²) < 4.78 is 0. The van der Waals surface area contributed by atoms with Gasteiger partial charge in [-0.2, -0.15) is 0 Å². The Morgan fingerprint density at radius 1 is 1.35 bits per heavy atom. The molecule has 0 aromatic heterocycles. The van der Waals surface area contributed by atoms with Crippen molar-refractivity contribution in [2.45, 2.75) is 53.0 Å². The summed E-state index contributed by atoms with van der Waals surface area (Å²) in [6.07, 6.45) is 2.22. The maximum absolute atomic E-state index is 12.0. The van der Waals surface area contributed by atoms with Crippen LogP contribution in [0.4, 0.5) is 0 Å². The van der Waals surface area contributed by atoms with Gasteiger partial charge in [0, 0.05) is 12.0 Å². The summed E-state index contributed by atoms with van der Waals surface area (Å²) in [5.74, 6) is -0.368. The number of amides is 1. The van der Waals surface area contributed by atoms with Gasteiger partial charge in [-0.1, -0.05) is 27.7 Å². The number of carboxylic acid groups (broad SMARTS) is 1. The van der Waals surface area contributed by atoms with Crippen LogP contribution < -0.4 is 5.32 Å². The van der Waals surface area contributed by atoms with Crippen LogP contribution in [-0.4, -0.2) is 23.0 Å². The number of hydrogen-bond donors (Lipinski definition) is 2. The van der Waals surface area contributed by atoms with Gasteiger partial charge in [0.05, 0.1) is 6.42 Å². The van der Waals surface area contributed by atoms with Crippen molar-refractivity contribution in [2.24, 2.45) is 17.3 Å². The average molecular weight is 241 g/mol. The quantitative estimate of drug-likeness (QED) is 0.774. The maximum Gasteiger partial charge on any atom is 0.305 e. The molecule has 98 valence electrons. The smallest absolute Gasteiger partial charge is 0.305 e. The zero-order valence-electron chi connectivity index (χ0n) is 11.1. The highest BCUT2D eigenvalue weighted by Gasteiger charge is 2.35. The van der Waals surface area contributed by atoms with Gasteiger partial charge in [0.15, 0.2) is 0 Å². The molecule has 1 rings (SSSR count). The average Bonchev–Trinajstić information content (AvgIpc) is 2.96. The van der Waals surface area contributed by atoms with Crippen molar-refractivity contribution in [3.63, 3.8) is 0 Å². The summed E-state index contributed by atoms with van der Waals surface area (Å²) in [5.41, 5.74) is -0.239. The van der Waals surface area contributed by atoms with Crippen LogP contribution in [0.2, 0.25) is 0 Å². The summed E-state index contributed by atoms with van der Waals surface area (Å²) in [7, 11) is 0. The zero-order valence-corrected chi connectivity index (χ0v) is 11.1. The summed E-state index contributed by atoms with van der Waals surface area (Å²) >= 11 is 0. The number of nitrogens with one attached hydrogen (secondary N) is 1. The van der Waals surface area contributed by atoms with Gasteiger partial charge in [-0.15, -0.1) is 0 Å². The number of aliphatic carboxylic acids is 1. The Labute approximate surface area is 103 Å². The fourth-order valence-corrected chi connectivity index (χ4v) is 1.86. The molecule has 0 aliphatic heterocycles. The fraction of sp³-hybridized carbons (Fsp3) is 0.846. The Morgan fingerprint density at radius 2 is 1.88 bits per heavy atom. The van der Waals surface area contributed by atoms with Crippen molar-refractivity contribution < 1.29 is 14.7 Å². The van der Waals surface area contributed by atoms with E-state index in [2.05, 4.69) is 5.32 Å². The van der Waals surface area contributed by atoms with Gasteiger partial charge in [0.25, 0.3) is 0 Å². The summed E-state index contributed by atoms with van der Waals surface area (Å²) in [4.78, 5) is 22.8. The van der Waals surface area contributed by atoms with Gasteiger partial charge >= 0.3 is 5.97 Å². The van der Waals surface area contributed by atoms with Crippen molar-refractivity contribution in [2.75, 3.05) is 0 Å². The van der Waals surface area contributed by atoms with Gasteiger partial charge in [0.2, 0.25) is 5.91 Å². The third-order valence-corrected chi connectivity index (χ3v) is 3.48. The van der Waals surface area contributed by atoms with Crippen LogP contribution >= 0.6 is 0 Å². The van der Waals surface area contributed by atoms with E-state index in [1.807, 2.05) is 27.7 Å². The molecular formula is C13H23NO3. The molecule has 1 saturated carbocycles. The first kappa shape index (κ1) is 14.0. The van der Waals surface area contributed by atoms with Crippen LogP contribution in [0, 0.1) is 17.3 Å². The van der Waals surface area contributed by atoms with Gasteiger partial charge < -0.3 is 10.4 Å². The van der Waals surface area contributed by atoms with E-state index >= 15 is 0 Å². The van der Waals surface area contributed by atoms with Gasteiger partial charge in [-0.05, 0) is 24.2 Å². The molecule has 1 amide bonds. The molecule has 4 heteroatoms. The molecule has 2 N–H and O–H groups in total. The molecule has 4 nitrogen and oxygen atoms in total. The van der Waals surface area contributed by atoms with E-state index in [0.29, 0.717) is 5.92 Å². The van der Waals surface area contributed by atoms with Crippen molar-refractivity contribution in [1.29, 1.82) is 0 Å². The monoisotopic (exact) mass is 241 g/mol. The minimum Gasteiger partial charge on any atom is -0.481 e. The van der Waals surface area contributed by atoms with Crippen LogP contribution in [-0.2, 0) is 9.59 Å². The molecule has 2 unspecified atom stereocenters. The van der Waals surface area contributed by atoms with E-state index in [-0.39, 0.29) is 29.7 Å². The first-order valence-corrected chi connectivity index (χ1v) is 6.24. The maximum atomic E-state index is 12.0. The highest BCUT2D eigenvalue weighted by molar-refractivity contribution is 5.80. The van der Waals surface area contributed by atoms with E-state index in [0.717, 1.165) is 12.8 Å². The lowest BCUT2D eigenvalue weighted by molar-refractivity contribution is -0.138.